The maximum Gasteiger partial charge on any atom is 0.223 e. The lowest BCUT2D eigenvalue weighted by Gasteiger charge is -2.31. The second kappa shape index (κ2) is 10.5. The van der Waals surface area contributed by atoms with Crippen LogP contribution in [0.5, 0.6) is 5.75 Å². The number of amides is 1. The van der Waals surface area contributed by atoms with E-state index < -0.39 is 0 Å². The average molecular weight is 401 g/mol. The maximum atomic E-state index is 12.4. The number of ether oxygens (including phenoxy) is 1. The fourth-order valence-electron chi connectivity index (χ4n) is 3.69. The molecule has 0 aliphatic carbocycles. The highest BCUT2D eigenvalue weighted by molar-refractivity contribution is 6.30. The molecule has 1 saturated heterocycles. The molecular formula is C23H29ClN2O2. The summed E-state index contributed by atoms with van der Waals surface area (Å²) in [5.41, 5.74) is 2.50. The molecule has 2 aromatic carbocycles. The molecule has 1 N–H and O–H groups in total. The molecule has 0 spiro atoms. The van der Waals surface area contributed by atoms with Gasteiger partial charge in [-0.1, -0.05) is 35.9 Å². The highest BCUT2D eigenvalue weighted by Gasteiger charge is 2.24. The van der Waals surface area contributed by atoms with E-state index in [1.165, 1.54) is 11.1 Å². The van der Waals surface area contributed by atoms with E-state index in [1.54, 1.807) is 7.11 Å². The van der Waals surface area contributed by atoms with Crippen LogP contribution in [0.15, 0.2) is 48.5 Å². The summed E-state index contributed by atoms with van der Waals surface area (Å²) in [6.45, 7) is 3.54. The van der Waals surface area contributed by atoms with Gasteiger partial charge in [0.15, 0.2) is 0 Å². The molecule has 0 aromatic heterocycles. The monoisotopic (exact) mass is 400 g/mol. The predicted octanol–water partition coefficient (Wildman–Crippen LogP) is 4.31. The average Bonchev–Trinajstić information content (AvgIpc) is 2.72. The highest BCUT2D eigenvalue weighted by atomic mass is 35.5. The minimum Gasteiger partial charge on any atom is -0.497 e. The van der Waals surface area contributed by atoms with Crippen LogP contribution in [0.25, 0.3) is 0 Å². The van der Waals surface area contributed by atoms with Gasteiger partial charge in [-0.05, 0) is 74.2 Å². The second-order valence-corrected chi connectivity index (χ2v) is 7.86. The van der Waals surface area contributed by atoms with E-state index in [0.717, 1.165) is 62.6 Å². The van der Waals surface area contributed by atoms with Crippen LogP contribution in [-0.2, 0) is 17.8 Å². The van der Waals surface area contributed by atoms with Gasteiger partial charge in [0.05, 0.1) is 7.11 Å². The fraction of sp³-hybridized carbons (Fsp3) is 0.435. The van der Waals surface area contributed by atoms with Crippen molar-refractivity contribution in [3.8, 4) is 5.75 Å². The van der Waals surface area contributed by atoms with Crippen LogP contribution in [-0.4, -0.2) is 37.6 Å². The summed E-state index contributed by atoms with van der Waals surface area (Å²) < 4.78 is 5.17. The lowest BCUT2D eigenvalue weighted by Crippen LogP contribution is -2.40. The summed E-state index contributed by atoms with van der Waals surface area (Å²) in [7, 11) is 1.67. The number of aryl methyl sites for hydroxylation is 1. The molecule has 0 atom stereocenters. The van der Waals surface area contributed by atoms with Crippen LogP contribution in [0.2, 0.25) is 5.02 Å². The predicted molar refractivity (Wildman–Crippen MR) is 114 cm³/mol. The molecule has 3 rings (SSSR count). The normalized spacial score (nSPS) is 15.4. The Kier molecular flexibility index (Phi) is 7.75. The minimum absolute atomic E-state index is 0.136. The lowest BCUT2D eigenvalue weighted by molar-refractivity contribution is -0.126. The SMILES string of the molecule is COc1ccc(CCCNC(=O)C2CCN(Cc3cccc(Cl)c3)CC2)cc1. The van der Waals surface area contributed by atoms with Crippen molar-refractivity contribution < 1.29 is 9.53 Å². The molecule has 4 nitrogen and oxygen atoms in total. The van der Waals surface area contributed by atoms with Gasteiger partial charge < -0.3 is 10.1 Å². The van der Waals surface area contributed by atoms with E-state index in [1.807, 2.05) is 30.3 Å². The van der Waals surface area contributed by atoms with Crippen molar-refractivity contribution in [2.24, 2.45) is 5.92 Å². The Labute approximate surface area is 172 Å². The van der Waals surface area contributed by atoms with Gasteiger partial charge in [-0.25, -0.2) is 0 Å². The van der Waals surface area contributed by atoms with Crippen molar-refractivity contribution >= 4 is 17.5 Å². The van der Waals surface area contributed by atoms with Crippen molar-refractivity contribution in [3.63, 3.8) is 0 Å². The van der Waals surface area contributed by atoms with Crippen LogP contribution >= 0.6 is 11.6 Å². The molecule has 1 aliphatic heterocycles. The minimum atomic E-state index is 0.136. The van der Waals surface area contributed by atoms with Gasteiger partial charge in [-0.2, -0.15) is 0 Å². The van der Waals surface area contributed by atoms with E-state index in [-0.39, 0.29) is 11.8 Å². The zero-order valence-electron chi connectivity index (χ0n) is 16.5. The van der Waals surface area contributed by atoms with Crippen LogP contribution < -0.4 is 10.1 Å². The summed E-state index contributed by atoms with van der Waals surface area (Å²) in [5, 5.41) is 3.90. The number of benzene rings is 2. The quantitative estimate of drug-likeness (QED) is 0.671. The summed E-state index contributed by atoms with van der Waals surface area (Å²) in [4.78, 5) is 14.8. The second-order valence-electron chi connectivity index (χ2n) is 7.42. The fourth-order valence-corrected chi connectivity index (χ4v) is 3.90. The summed E-state index contributed by atoms with van der Waals surface area (Å²) in [6, 6.07) is 16.1. The molecule has 1 fully saturated rings. The molecule has 1 heterocycles. The van der Waals surface area contributed by atoms with E-state index in [2.05, 4.69) is 28.4 Å². The van der Waals surface area contributed by atoms with Crippen molar-refractivity contribution in [2.75, 3.05) is 26.7 Å². The number of carbonyl (C=O) groups excluding carboxylic acids is 1. The third kappa shape index (κ3) is 6.25. The molecule has 1 aliphatic rings. The number of piperidine rings is 1. The van der Waals surface area contributed by atoms with Gasteiger partial charge in [-0.15, -0.1) is 0 Å². The van der Waals surface area contributed by atoms with Crippen LogP contribution in [0, 0.1) is 5.92 Å². The first-order chi connectivity index (χ1) is 13.6. The number of hydrogen-bond donors (Lipinski definition) is 1. The lowest BCUT2D eigenvalue weighted by atomic mass is 9.95. The number of halogens is 1. The first-order valence-electron chi connectivity index (χ1n) is 10.0. The van der Waals surface area contributed by atoms with Gasteiger partial charge in [-0.3, -0.25) is 9.69 Å². The van der Waals surface area contributed by atoms with Gasteiger partial charge in [0.25, 0.3) is 0 Å². The van der Waals surface area contributed by atoms with E-state index in [0.29, 0.717) is 0 Å². The van der Waals surface area contributed by atoms with E-state index in [9.17, 15) is 4.79 Å². The standard InChI is InChI=1S/C23H29ClN2O2/c1-28-22-9-7-18(8-10-22)5-3-13-25-23(27)20-11-14-26(15-12-20)17-19-4-2-6-21(24)16-19/h2,4,6-10,16,20H,3,5,11-15,17H2,1H3,(H,25,27). The van der Waals surface area contributed by atoms with Crippen LogP contribution in [0.4, 0.5) is 0 Å². The number of likely N-dealkylation sites (tertiary alicyclic amines) is 1. The van der Waals surface area contributed by atoms with Crippen molar-refractivity contribution in [3.05, 3.63) is 64.7 Å². The first kappa shape index (κ1) is 20.7. The number of nitrogens with one attached hydrogen (secondary N) is 1. The molecule has 1 amide bonds. The highest BCUT2D eigenvalue weighted by Crippen LogP contribution is 2.20. The van der Waals surface area contributed by atoms with E-state index >= 15 is 0 Å². The Bertz CT molecular complexity index is 755. The molecule has 0 bridgehead atoms. The van der Waals surface area contributed by atoms with Gasteiger partial charge in [0, 0.05) is 24.0 Å². The molecule has 5 heteroatoms. The summed E-state index contributed by atoms with van der Waals surface area (Å²) >= 11 is 6.06. The van der Waals surface area contributed by atoms with Gasteiger partial charge in [0.2, 0.25) is 5.91 Å². The van der Waals surface area contributed by atoms with Crippen molar-refractivity contribution in [1.82, 2.24) is 10.2 Å². The molecular weight excluding hydrogens is 372 g/mol. The van der Waals surface area contributed by atoms with Crippen molar-refractivity contribution in [2.45, 2.75) is 32.2 Å². The molecule has 28 heavy (non-hydrogen) atoms. The smallest absolute Gasteiger partial charge is 0.223 e. The number of nitrogens with zero attached hydrogens (tertiary/aromatic N) is 1. The Morgan fingerprint density at radius 2 is 1.89 bits per heavy atom. The van der Waals surface area contributed by atoms with Gasteiger partial charge >= 0.3 is 0 Å². The topological polar surface area (TPSA) is 41.6 Å². The first-order valence-corrected chi connectivity index (χ1v) is 10.4. The number of carbonyl (C=O) groups is 1. The Hall–Kier alpha value is -2.04. The van der Waals surface area contributed by atoms with E-state index in [4.69, 9.17) is 16.3 Å². The molecule has 2 aromatic rings. The summed E-state index contributed by atoms with van der Waals surface area (Å²) in [5.74, 6) is 1.22. The van der Waals surface area contributed by atoms with Crippen molar-refractivity contribution in [1.29, 1.82) is 0 Å². The summed E-state index contributed by atoms with van der Waals surface area (Å²) in [6.07, 6.45) is 3.75. The molecule has 0 saturated carbocycles. The maximum absolute atomic E-state index is 12.4. The number of hydrogen-bond acceptors (Lipinski definition) is 3. The molecule has 0 unspecified atom stereocenters. The van der Waals surface area contributed by atoms with Gasteiger partial charge in [0.1, 0.15) is 5.75 Å². The number of methoxy groups -OCH3 is 1. The molecule has 150 valence electrons. The third-order valence-electron chi connectivity index (χ3n) is 5.35. The zero-order chi connectivity index (χ0) is 19.8. The Balaban J connectivity index is 1.33. The van der Waals surface area contributed by atoms with Crippen LogP contribution in [0.1, 0.15) is 30.4 Å². The largest absolute Gasteiger partial charge is 0.497 e. The Morgan fingerprint density at radius 1 is 1.14 bits per heavy atom. The zero-order valence-corrected chi connectivity index (χ0v) is 17.3. The Morgan fingerprint density at radius 3 is 2.57 bits per heavy atom. The number of rotatable bonds is 8. The third-order valence-corrected chi connectivity index (χ3v) is 5.59. The molecule has 0 radical (unpaired) electrons. The van der Waals surface area contributed by atoms with Crippen LogP contribution in [0.3, 0.4) is 0 Å².